The van der Waals surface area contributed by atoms with Crippen molar-refractivity contribution >= 4 is 5.95 Å². The number of rotatable bonds is 7. The minimum Gasteiger partial charge on any atom is -0.385 e. The fourth-order valence-electron chi connectivity index (χ4n) is 1.68. The maximum Gasteiger partial charge on any atom is 0.205 e. The number of anilines is 1. The molecule has 2 N–H and O–H groups in total. The lowest BCUT2D eigenvalue weighted by atomic mass is 10.4. The number of likely N-dealkylation sites (N-methyl/N-ethyl adjacent to an activating group) is 1. The first-order chi connectivity index (χ1) is 7.69. The normalized spacial score (nSPS) is 10.8. The van der Waals surface area contributed by atoms with E-state index in [4.69, 9.17) is 10.5 Å². The molecule has 0 bridgehead atoms. The molecule has 0 fully saturated rings. The van der Waals surface area contributed by atoms with Crippen molar-refractivity contribution in [3.8, 4) is 0 Å². The van der Waals surface area contributed by atoms with Crippen LogP contribution in [0.1, 0.15) is 12.1 Å². The smallest absolute Gasteiger partial charge is 0.205 e. The standard InChI is InChI=1S/C11H22N4O/c1-10-9-15(6-4-8-16-3)11(13-10)14(2)7-5-12/h9H,4-8,12H2,1-3H3. The lowest BCUT2D eigenvalue weighted by Crippen LogP contribution is -2.27. The first-order valence-electron chi connectivity index (χ1n) is 5.63. The van der Waals surface area contributed by atoms with E-state index in [9.17, 15) is 0 Å². The summed E-state index contributed by atoms with van der Waals surface area (Å²) in [6.45, 7) is 5.17. The van der Waals surface area contributed by atoms with Crippen molar-refractivity contribution in [1.29, 1.82) is 0 Å². The number of aromatic nitrogens is 2. The Morgan fingerprint density at radius 1 is 1.56 bits per heavy atom. The summed E-state index contributed by atoms with van der Waals surface area (Å²) < 4.78 is 7.21. The van der Waals surface area contributed by atoms with E-state index in [0.717, 1.165) is 37.8 Å². The van der Waals surface area contributed by atoms with Crippen LogP contribution < -0.4 is 10.6 Å². The Morgan fingerprint density at radius 3 is 2.94 bits per heavy atom. The molecule has 0 spiro atoms. The number of imidazole rings is 1. The molecule has 1 heterocycles. The third-order valence-electron chi connectivity index (χ3n) is 2.43. The summed E-state index contributed by atoms with van der Waals surface area (Å²) in [7, 11) is 3.74. The van der Waals surface area contributed by atoms with Gasteiger partial charge in [0.1, 0.15) is 0 Å². The van der Waals surface area contributed by atoms with Gasteiger partial charge in [-0.3, -0.25) is 0 Å². The van der Waals surface area contributed by atoms with Crippen molar-refractivity contribution in [2.24, 2.45) is 5.73 Å². The Balaban J connectivity index is 2.66. The molecule has 0 aliphatic rings. The lowest BCUT2D eigenvalue weighted by Gasteiger charge is -2.18. The maximum absolute atomic E-state index is 5.55. The summed E-state index contributed by atoms with van der Waals surface area (Å²) in [4.78, 5) is 6.58. The topological polar surface area (TPSA) is 56.3 Å². The molecule has 0 atom stereocenters. The van der Waals surface area contributed by atoms with Crippen molar-refractivity contribution in [2.75, 3.05) is 38.8 Å². The molecule has 0 aromatic carbocycles. The monoisotopic (exact) mass is 226 g/mol. The van der Waals surface area contributed by atoms with E-state index in [-0.39, 0.29) is 0 Å². The van der Waals surface area contributed by atoms with Gasteiger partial charge in [0.25, 0.3) is 0 Å². The molecule has 1 rings (SSSR count). The van der Waals surface area contributed by atoms with E-state index in [2.05, 4.69) is 20.6 Å². The predicted octanol–water partition coefficient (Wildman–Crippen LogP) is 0.623. The van der Waals surface area contributed by atoms with E-state index in [1.165, 1.54) is 0 Å². The molecule has 0 aliphatic carbocycles. The van der Waals surface area contributed by atoms with Crippen LogP contribution in [0.25, 0.3) is 0 Å². The molecule has 1 aromatic heterocycles. The predicted molar refractivity (Wildman–Crippen MR) is 65.8 cm³/mol. The molecule has 0 radical (unpaired) electrons. The fourth-order valence-corrected chi connectivity index (χ4v) is 1.68. The first-order valence-corrected chi connectivity index (χ1v) is 5.63. The molecule has 0 amide bonds. The second-order valence-corrected chi connectivity index (χ2v) is 3.93. The van der Waals surface area contributed by atoms with Crippen LogP contribution in [-0.4, -0.2) is 43.4 Å². The number of aryl methyl sites for hydroxylation is 2. The van der Waals surface area contributed by atoms with Gasteiger partial charge in [0.15, 0.2) is 0 Å². The van der Waals surface area contributed by atoms with Crippen LogP contribution in [0.4, 0.5) is 5.95 Å². The first kappa shape index (κ1) is 13.0. The third kappa shape index (κ3) is 3.50. The highest BCUT2D eigenvalue weighted by Gasteiger charge is 2.09. The van der Waals surface area contributed by atoms with Gasteiger partial charge < -0.3 is 19.9 Å². The highest BCUT2D eigenvalue weighted by molar-refractivity contribution is 5.32. The molecule has 1 aromatic rings. The second kappa shape index (κ2) is 6.50. The van der Waals surface area contributed by atoms with Crippen molar-refractivity contribution in [1.82, 2.24) is 9.55 Å². The van der Waals surface area contributed by atoms with E-state index in [0.29, 0.717) is 6.54 Å². The van der Waals surface area contributed by atoms with E-state index < -0.39 is 0 Å². The SMILES string of the molecule is COCCCn1cc(C)nc1N(C)CCN. The van der Waals surface area contributed by atoms with Gasteiger partial charge in [0.2, 0.25) is 5.95 Å². The van der Waals surface area contributed by atoms with Crippen LogP contribution in [0.15, 0.2) is 6.20 Å². The summed E-state index contributed by atoms with van der Waals surface area (Å²) in [6, 6.07) is 0. The minimum atomic E-state index is 0.639. The summed E-state index contributed by atoms with van der Waals surface area (Å²) in [5.74, 6) is 0.985. The summed E-state index contributed by atoms with van der Waals surface area (Å²) in [5.41, 5.74) is 6.58. The second-order valence-electron chi connectivity index (χ2n) is 3.93. The zero-order chi connectivity index (χ0) is 12.0. The Bertz CT molecular complexity index is 311. The number of hydrogen-bond acceptors (Lipinski definition) is 4. The van der Waals surface area contributed by atoms with Crippen molar-refractivity contribution < 1.29 is 4.74 Å². The number of nitrogens with zero attached hydrogens (tertiary/aromatic N) is 3. The number of ether oxygens (including phenoxy) is 1. The zero-order valence-corrected chi connectivity index (χ0v) is 10.4. The number of hydrogen-bond donors (Lipinski definition) is 1. The summed E-state index contributed by atoms with van der Waals surface area (Å²) in [6.07, 6.45) is 3.06. The highest BCUT2D eigenvalue weighted by atomic mass is 16.5. The molecule has 0 aliphatic heterocycles. The molecule has 0 saturated heterocycles. The number of methoxy groups -OCH3 is 1. The van der Waals surface area contributed by atoms with Gasteiger partial charge >= 0.3 is 0 Å². The van der Waals surface area contributed by atoms with Crippen molar-refractivity contribution in [3.05, 3.63) is 11.9 Å². The van der Waals surface area contributed by atoms with Gasteiger partial charge in [0, 0.05) is 46.6 Å². The van der Waals surface area contributed by atoms with Crippen molar-refractivity contribution in [3.63, 3.8) is 0 Å². The molecule has 0 unspecified atom stereocenters. The van der Waals surface area contributed by atoms with Gasteiger partial charge in [0.05, 0.1) is 5.69 Å². The molecule has 0 saturated carbocycles. The van der Waals surface area contributed by atoms with E-state index >= 15 is 0 Å². The summed E-state index contributed by atoms with van der Waals surface area (Å²) in [5, 5.41) is 0. The fraction of sp³-hybridized carbons (Fsp3) is 0.727. The highest BCUT2D eigenvalue weighted by Crippen LogP contribution is 2.12. The number of nitrogens with two attached hydrogens (primary N) is 1. The van der Waals surface area contributed by atoms with Crippen LogP contribution in [0.3, 0.4) is 0 Å². The average Bonchev–Trinajstić information content (AvgIpc) is 2.61. The van der Waals surface area contributed by atoms with Gasteiger partial charge in [-0.15, -0.1) is 0 Å². The van der Waals surface area contributed by atoms with Gasteiger partial charge in [-0.1, -0.05) is 0 Å². The minimum absolute atomic E-state index is 0.639. The molecular weight excluding hydrogens is 204 g/mol. The quantitative estimate of drug-likeness (QED) is 0.693. The molecule has 92 valence electrons. The lowest BCUT2D eigenvalue weighted by molar-refractivity contribution is 0.190. The Morgan fingerprint density at radius 2 is 2.31 bits per heavy atom. The molecule has 5 heteroatoms. The zero-order valence-electron chi connectivity index (χ0n) is 10.4. The Labute approximate surface area is 97.2 Å². The van der Waals surface area contributed by atoms with E-state index in [1.54, 1.807) is 7.11 Å². The third-order valence-corrected chi connectivity index (χ3v) is 2.43. The van der Waals surface area contributed by atoms with E-state index in [1.807, 2.05) is 14.0 Å². The Hall–Kier alpha value is -1.07. The van der Waals surface area contributed by atoms with Crippen LogP contribution in [0.5, 0.6) is 0 Å². The largest absolute Gasteiger partial charge is 0.385 e. The molecule has 16 heavy (non-hydrogen) atoms. The summed E-state index contributed by atoms with van der Waals surface area (Å²) >= 11 is 0. The van der Waals surface area contributed by atoms with Gasteiger partial charge in [-0.25, -0.2) is 4.98 Å². The van der Waals surface area contributed by atoms with Crippen LogP contribution in [0.2, 0.25) is 0 Å². The van der Waals surface area contributed by atoms with Crippen molar-refractivity contribution in [2.45, 2.75) is 19.9 Å². The average molecular weight is 226 g/mol. The van der Waals surface area contributed by atoms with Gasteiger partial charge in [-0.05, 0) is 13.3 Å². The van der Waals surface area contributed by atoms with Crippen LogP contribution >= 0.6 is 0 Å². The van der Waals surface area contributed by atoms with Crippen LogP contribution in [-0.2, 0) is 11.3 Å². The molecule has 5 nitrogen and oxygen atoms in total. The van der Waals surface area contributed by atoms with Crippen LogP contribution in [0, 0.1) is 6.92 Å². The van der Waals surface area contributed by atoms with Gasteiger partial charge in [-0.2, -0.15) is 0 Å². The molecular formula is C11H22N4O. The maximum atomic E-state index is 5.55. The Kier molecular flexibility index (Phi) is 5.28.